The SMILES string of the molecule is COc1cccc(NC(=O)CN(C)C(=O)c2cc(Cl)c3c(c2)OCCO3)c1. The maximum Gasteiger partial charge on any atom is 0.254 e. The summed E-state index contributed by atoms with van der Waals surface area (Å²) in [7, 11) is 3.09. The molecule has 0 atom stereocenters. The molecular weight excluding hydrogens is 372 g/mol. The second-order valence-electron chi connectivity index (χ2n) is 5.92. The summed E-state index contributed by atoms with van der Waals surface area (Å²) in [6.45, 7) is 0.673. The van der Waals surface area contributed by atoms with E-state index in [1.807, 2.05) is 0 Å². The summed E-state index contributed by atoms with van der Waals surface area (Å²) < 4.78 is 16.0. The molecule has 0 unspecified atom stereocenters. The highest BCUT2D eigenvalue weighted by molar-refractivity contribution is 6.32. The van der Waals surface area contributed by atoms with E-state index in [4.69, 9.17) is 25.8 Å². The molecule has 3 rings (SSSR count). The number of halogens is 1. The van der Waals surface area contributed by atoms with E-state index in [0.717, 1.165) is 0 Å². The first kappa shape index (κ1) is 18.8. The number of anilines is 1. The lowest BCUT2D eigenvalue weighted by Gasteiger charge is -2.22. The fourth-order valence-electron chi connectivity index (χ4n) is 2.64. The fraction of sp³-hybridized carbons (Fsp3) is 0.263. The Kier molecular flexibility index (Phi) is 5.71. The van der Waals surface area contributed by atoms with E-state index in [0.29, 0.717) is 46.7 Å². The van der Waals surface area contributed by atoms with Gasteiger partial charge in [-0.3, -0.25) is 9.59 Å². The van der Waals surface area contributed by atoms with Crippen LogP contribution in [-0.4, -0.2) is 50.6 Å². The van der Waals surface area contributed by atoms with Crippen molar-refractivity contribution in [3.8, 4) is 17.2 Å². The number of likely N-dealkylation sites (N-methyl/N-ethyl adjacent to an activating group) is 1. The molecule has 8 heteroatoms. The van der Waals surface area contributed by atoms with Gasteiger partial charge in [0.15, 0.2) is 11.5 Å². The van der Waals surface area contributed by atoms with Crippen molar-refractivity contribution in [3.05, 3.63) is 47.0 Å². The van der Waals surface area contributed by atoms with Crippen LogP contribution in [0.25, 0.3) is 0 Å². The van der Waals surface area contributed by atoms with E-state index in [-0.39, 0.29) is 18.4 Å². The zero-order valence-corrected chi connectivity index (χ0v) is 15.7. The van der Waals surface area contributed by atoms with Crippen LogP contribution >= 0.6 is 11.6 Å². The molecule has 1 N–H and O–H groups in total. The largest absolute Gasteiger partial charge is 0.497 e. The Hall–Kier alpha value is -2.93. The second-order valence-corrected chi connectivity index (χ2v) is 6.33. The Morgan fingerprint density at radius 2 is 2.00 bits per heavy atom. The average molecular weight is 391 g/mol. The number of ether oxygens (including phenoxy) is 3. The zero-order valence-electron chi connectivity index (χ0n) is 15.0. The Morgan fingerprint density at radius 1 is 1.22 bits per heavy atom. The molecule has 2 aromatic rings. The van der Waals surface area contributed by atoms with Gasteiger partial charge < -0.3 is 24.4 Å². The van der Waals surface area contributed by atoms with Gasteiger partial charge in [0.1, 0.15) is 19.0 Å². The predicted molar refractivity (Wildman–Crippen MR) is 101 cm³/mol. The molecule has 0 saturated heterocycles. The number of carbonyl (C=O) groups is 2. The Balaban J connectivity index is 1.66. The fourth-order valence-corrected chi connectivity index (χ4v) is 2.91. The van der Waals surface area contributed by atoms with E-state index in [9.17, 15) is 9.59 Å². The van der Waals surface area contributed by atoms with E-state index in [2.05, 4.69) is 5.32 Å². The number of hydrogen-bond acceptors (Lipinski definition) is 5. The lowest BCUT2D eigenvalue weighted by molar-refractivity contribution is -0.116. The minimum absolute atomic E-state index is 0.123. The molecule has 2 amide bonds. The summed E-state index contributed by atoms with van der Waals surface area (Å²) in [6, 6.07) is 10.0. The summed E-state index contributed by atoms with van der Waals surface area (Å²) in [5, 5.41) is 3.03. The number of amides is 2. The third kappa shape index (κ3) is 4.43. The lowest BCUT2D eigenvalue weighted by Crippen LogP contribution is -2.35. The summed E-state index contributed by atoms with van der Waals surface area (Å²) in [5.74, 6) is 0.796. The van der Waals surface area contributed by atoms with Crippen molar-refractivity contribution < 1.29 is 23.8 Å². The van der Waals surface area contributed by atoms with Crippen molar-refractivity contribution in [2.24, 2.45) is 0 Å². The Morgan fingerprint density at radius 3 is 2.78 bits per heavy atom. The second kappa shape index (κ2) is 8.18. The van der Waals surface area contributed by atoms with Gasteiger partial charge in [-0.15, -0.1) is 0 Å². The molecule has 0 bridgehead atoms. The quantitative estimate of drug-likeness (QED) is 0.849. The first-order valence-electron chi connectivity index (χ1n) is 8.26. The molecule has 1 heterocycles. The van der Waals surface area contributed by atoms with Gasteiger partial charge in [-0.25, -0.2) is 0 Å². The summed E-state index contributed by atoms with van der Waals surface area (Å²) in [5.41, 5.74) is 0.906. The van der Waals surface area contributed by atoms with Gasteiger partial charge in [0, 0.05) is 24.4 Å². The number of carbonyl (C=O) groups excluding carboxylic acids is 2. The molecule has 0 aliphatic carbocycles. The van der Waals surface area contributed by atoms with Crippen molar-refractivity contribution in [1.29, 1.82) is 0 Å². The minimum atomic E-state index is -0.352. The standard InChI is InChI=1S/C19H19ClN2O5/c1-22(11-17(23)21-13-4-3-5-14(10-13)25-2)19(24)12-8-15(20)18-16(9-12)26-6-7-27-18/h3-5,8-10H,6-7,11H2,1-2H3,(H,21,23). The summed E-state index contributed by atoms with van der Waals surface area (Å²) >= 11 is 6.17. The maximum absolute atomic E-state index is 12.6. The van der Waals surface area contributed by atoms with Crippen LogP contribution in [0.5, 0.6) is 17.2 Å². The van der Waals surface area contributed by atoms with Gasteiger partial charge in [-0.1, -0.05) is 17.7 Å². The highest BCUT2D eigenvalue weighted by Crippen LogP contribution is 2.38. The average Bonchev–Trinajstić information content (AvgIpc) is 2.67. The van der Waals surface area contributed by atoms with E-state index in [1.54, 1.807) is 37.4 Å². The van der Waals surface area contributed by atoms with Crippen LogP contribution in [0.3, 0.4) is 0 Å². The monoisotopic (exact) mass is 390 g/mol. The molecule has 0 aromatic heterocycles. The van der Waals surface area contributed by atoms with Crippen molar-refractivity contribution >= 4 is 29.1 Å². The van der Waals surface area contributed by atoms with Gasteiger partial charge >= 0.3 is 0 Å². The highest BCUT2D eigenvalue weighted by Gasteiger charge is 2.22. The summed E-state index contributed by atoms with van der Waals surface area (Å²) in [6.07, 6.45) is 0. The van der Waals surface area contributed by atoms with Crippen LogP contribution in [0.2, 0.25) is 5.02 Å². The van der Waals surface area contributed by atoms with Crippen LogP contribution in [0.1, 0.15) is 10.4 Å². The molecule has 0 spiro atoms. The topological polar surface area (TPSA) is 77.1 Å². The Labute approximate surface area is 161 Å². The maximum atomic E-state index is 12.6. The van der Waals surface area contributed by atoms with Crippen LogP contribution in [0.4, 0.5) is 5.69 Å². The van der Waals surface area contributed by atoms with Crippen molar-refractivity contribution in [3.63, 3.8) is 0 Å². The number of nitrogens with one attached hydrogen (secondary N) is 1. The number of benzene rings is 2. The van der Waals surface area contributed by atoms with E-state index in [1.165, 1.54) is 18.0 Å². The highest BCUT2D eigenvalue weighted by atomic mass is 35.5. The van der Waals surface area contributed by atoms with E-state index >= 15 is 0 Å². The lowest BCUT2D eigenvalue weighted by atomic mass is 10.1. The van der Waals surface area contributed by atoms with Crippen LogP contribution < -0.4 is 19.5 Å². The van der Waals surface area contributed by atoms with Gasteiger partial charge in [0.05, 0.1) is 18.7 Å². The third-order valence-corrected chi connectivity index (χ3v) is 4.21. The van der Waals surface area contributed by atoms with Crippen LogP contribution in [-0.2, 0) is 4.79 Å². The van der Waals surface area contributed by atoms with Crippen LogP contribution in [0.15, 0.2) is 36.4 Å². The van der Waals surface area contributed by atoms with Gasteiger partial charge in [0.25, 0.3) is 5.91 Å². The minimum Gasteiger partial charge on any atom is -0.497 e. The van der Waals surface area contributed by atoms with Gasteiger partial charge in [0.2, 0.25) is 5.91 Å². The smallest absolute Gasteiger partial charge is 0.254 e. The molecule has 2 aromatic carbocycles. The molecular formula is C19H19ClN2O5. The first-order valence-corrected chi connectivity index (χ1v) is 8.64. The number of fused-ring (bicyclic) bond motifs is 1. The van der Waals surface area contributed by atoms with Gasteiger partial charge in [-0.05, 0) is 24.3 Å². The number of hydrogen-bond donors (Lipinski definition) is 1. The zero-order chi connectivity index (χ0) is 19.4. The van der Waals surface area contributed by atoms with Crippen molar-refractivity contribution in [2.75, 3.05) is 39.2 Å². The molecule has 0 fully saturated rings. The van der Waals surface area contributed by atoms with Crippen molar-refractivity contribution in [2.45, 2.75) is 0 Å². The van der Waals surface area contributed by atoms with E-state index < -0.39 is 0 Å². The molecule has 0 saturated carbocycles. The molecule has 0 radical (unpaired) electrons. The first-order chi connectivity index (χ1) is 13.0. The summed E-state index contributed by atoms with van der Waals surface area (Å²) in [4.78, 5) is 26.2. The number of methoxy groups -OCH3 is 1. The Bertz CT molecular complexity index is 871. The predicted octanol–water partition coefficient (Wildman–Crippen LogP) is 2.83. The molecule has 27 heavy (non-hydrogen) atoms. The van der Waals surface area contributed by atoms with Gasteiger partial charge in [-0.2, -0.15) is 0 Å². The third-order valence-electron chi connectivity index (χ3n) is 3.92. The molecule has 1 aliphatic rings. The normalized spacial score (nSPS) is 12.3. The molecule has 1 aliphatic heterocycles. The van der Waals surface area contributed by atoms with Crippen molar-refractivity contribution in [1.82, 2.24) is 4.90 Å². The van der Waals surface area contributed by atoms with Crippen LogP contribution in [0, 0.1) is 0 Å². The molecule has 142 valence electrons. The number of rotatable bonds is 5. The number of nitrogens with zero attached hydrogens (tertiary/aromatic N) is 1. The molecule has 7 nitrogen and oxygen atoms in total.